The van der Waals surface area contributed by atoms with Gasteiger partial charge < -0.3 is 9.64 Å². The average Bonchev–Trinajstić information content (AvgIpc) is 3.34. The number of nitrogens with zero attached hydrogens (tertiary/aromatic N) is 3. The number of hydrogen-bond donors (Lipinski definition) is 0. The maximum Gasteiger partial charge on any atom is 0.331 e. The Kier molecular flexibility index (Phi) is 6.36. The molecule has 2 saturated heterocycles. The van der Waals surface area contributed by atoms with E-state index in [2.05, 4.69) is 9.73 Å². The topological polar surface area (TPSA) is 79.3 Å². The standard InChI is InChI=1S/C23H20FN3O4S/c1-31-21(29)13-19-22(30)27(23(32-19)25-17-8-6-16(24)7-9-17)14-15-4-10-18(11-5-15)26-12-2-3-20(26)28/h4-11,13H,2-3,12,14H2,1H3/b19-13+,25-23?. The summed E-state index contributed by atoms with van der Waals surface area (Å²) in [7, 11) is 1.24. The van der Waals surface area contributed by atoms with Crippen LogP contribution in [0.2, 0.25) is 0 Å². The molecular weight excluding hydrogens is 433 g/mol. The lowest BCUT2D eigenvalue weighted by atomic mass is 10.2. The zero-order valence-electron chi connectivity index (χ0n) is 17.3. The molecule has 4 rings (SSSR count). The van der Waals surface area contributed by atoms with Crippen molar-refractivity contribution < 1.29 is 23.5 Å². The summed E-state index contributed by atoms with van der Waals surface area (Å²) in [6, 6.07) is 13.0. The Labute approximate surface area is 188 Å². The van der Waals surface area contributed by atoms with Crippen LogP contribution >= 0.6 is 11.8 Å². The summed E-state index contributed by atoms with van der Waals surface area (Å²) in [4.78, 5) is 44.5. The van der Waals surface area contributed by atoms with Crippen molar-refractivity contribution in [3.8, 4) is 0 Å². The van der Waals surface area contributed by atoms with Crippen molar-refractivity contribution >= 4 is 46.1 Å². The second-order valence-electron chi connectivity index (χ2n) is 7.21. The number of esters is 1. The minimum atomic E-state index is -0.636. The van der Waals surface area contributed by atoms with Crippen molar-refractivity contribution in [2.75, 3.05) is 18.6 Å². The zero-order valence-corrected chi connectivity index (χ0v) is 18.1. The number of anilines is 1. The summed E-state index contributed by atoms with van der Waals surface area (Å²) in [6.45, 7) is 0.925. The van der Waals surface area contributed by atoms with E-state index in [0.717, 1.165) is 35.5 Å². The van der Waals surface area contributed by atoms with Crippen molar-refractivity contribution in [2.24, 2.45) is 4.99 Å². The van der Waals surface area contributed by atoms with Crippen molar-refractivity contribution in [1.29, 1.82) is 0 Å². The van der Waals surface area contributed by atoms with Crippen LogP contribution in [-0.4, -0.2) is 41.5 Å². The molecular formula is C23H20FN3O4S. The molecule has 164 valence electrons. The van der Waals surface area contributed by atoms with E-state index >= 15 is 0 Å². The van der Waals surface area contributed by atoms with E-state index in [-0.39, 0.29) is 29.1 Å². The summed E-state index contributed by atoms with van der Waals surface area (Å²) in [5, 5.41) is 0.371. The van der Waals surface area contributed by atoms with Gasteiger partial charge in [-0.25, -0.2) is 14.2 Å². The van der Waals surface area contributed by atoms with E-state index in [1.807, 2.05) is 24.3 Å². The van der Waals surface area contributed by atoms with Gasteiger partial charge in [-0.1, -0.05) is 12.1 Å². The first-order valence-electron chi connectivity index (χ1n) is 9.97. The van der Waals surface area contributed by atoms with Gasteiger partial charge in [-0.15, -0.1) is 0 Å². The number of methoxy groups -OCH3 is 1. The Hall–Kier alpha value is -3.46. The van der Waals surface area contributed by atoms with E-state index in [4.69, 9.17) is 0 Å². The SMILES string of the molecule is COC(=O)/C=C1/SC(=Nc2ccc(F)cc2)N(Cc2ccc(N3CCCC3=O)cc2)C1=O. The van der Waals surface area contributed by atoms with Gasteiger partial charge in [-0.2, -0.15) is 0 Å². The minimum absolute atomic E-state index is 0.107. The van der Waals surface area contributed by atoms with Crippen LogP contribution in [0.1, 0.15) is 18.4 Å². The molecule has 0 bridgehead atoms. The van der Waals surface area contributed by atoms with Crippen LogP contribution in [-0.2, 0) is 25.7 Å². The molecule has 0 atom stereocenters. The van der Waals surface area contributed by atoms with E-state index in [1.165, 1.54) is 36.3 Å². The van der Waals surface area contributed by atoms with Gasteiger partial charge in [0.2, 0.25) is 5.91 Å². The fraction of sp³-hybridized carbons (Fsp3) is 0.217. The summed E-state index contributed by atoms with van der Waals surface area (Å²) >= 11 is 1.05. The molecule has 2 aromatic carbocycles. The van der Waals surface area contributed by atoms with Crippen LogP contribution in [0.3, 0.4) is 0 Å². The molecule has 2 aliphatic rings. The number of amidine groups is 1. The largest absolute Gasteiger partial charge is 0.466 e. The van der Waals surface area contributed by atoms with Gasteiger partial charge in [0.15, 0.2) is 5.17 Å². The van der Waals surface area contributed by atoms with E-state index in [0.29, 0.717) is 23.8 Å². The maximum absolute atomic E-state index is 13.2. The first-order chi connectivity index (χ1) is 15.4. The van der Waals surface area contributed by atoms with Gasteiger partial charge in [0.1, 0.15) is 5.82 Å². The van der Waals surface area contributed by atoms with Crippen LogP contribution in [0.4, 0.5) is 15.8 Å². The highest BCUT2D eigenvalue weighted by Crippen LogP contribution is 2.34. The smallest absolute Gasteiger partial charge is 0.331 e. The molecule has 0 unspecified atom stereocenters. The fourth-order valence-electron chi connectivity index (χ4n) is 3.41. The number of amides is 2. The molecule has 2 fully saturated rings. The van der Waals surface area contributed by atoms with Crippen LogP contribution < -0.4 is 4.90 Å². The van der Waals surface area contributed by atoms with Gasteiger partial charge in [-0.3, -0.25) is 14.5 Å². The normalized spacial score (nSPS) is 18.8. The lowest BCUT2D eigenvalue weighted by molar-refractivity contribution is -0.135. The number of aliphatic imine (C=N–C) groups is 1. The third-order valence-corrected chi connectivity index (χ3v) is 6.06. The van der Waals surface area contributed by atoms with Crippen molar-refractivity contribution in [3.05, 3.63) is 70.9 Å². The molecule has 7 nitrogen and oxygen atoms in total. The molecule has 2 aromatic rings. The van der Waals surface area contributed by atoms with Gasteiger partial charge in [0.25, 0.3) is 5.91 Å². The van der Waals surface area contributed by atoms with Crippen molar-refractivity contribution in [3.63, 3.8) is 0 Å². The predicted molar refractivity (Wildman–Crippen MR) is 120 cm³/mol. The molecule has 0 spiro atoms. The molecule has 9 heteroatoms. The number of carbonyl (C=O) groups is 3. The van der Waals surface area contributed by atoms with Crippen LogP contribution in [0, 0.1) is 5.82 Å². The van der Waals surface area contributed by atoms with Gasteiger partial charge in [-0.05, 0) is 60.1 Å². The zero-order chi connectivity index (χ0) is 22.7. The average molecular weight is 453 g/mol. The van der Waals surface area contributed by atoms with E-state index < -0.39 is 5.97 Å². The summed E-state index contributed by atoms with van der Waals surface area (Å²) in [6.07, 6.45) is 2.54. The van der Waals surface area contributed by atoms with E-state index in [1.54, 1.807) is 4.90 Å². The fourth-order valence-corrected chi connectivity index (χ4v) is 4.37. The molecule has 0 radical (unpaired) electrons. The van der Waals surface area contributed by atoms with Crippen molar-refractivity contribution in [2.45, 2.75) is 19.4 Å². The third kappa shape index (κ3) is 4.72. The molecule has 0 saturated carbocycles. The molecule has 0 N–H and O–H groups in total. The van der Waals surface area contributed by atoms with E-state index in [9.17, 15) is 18.8 Å². The van der Waals surface area contributed by atoms with Gasteiger partial charge in [0.05, 0.1) is 24.2 Å². The van der Waals surface area contributed by atoms with Crippen molar-refractivity contribution in [1.82, 2.24) is 4.90 Å². The van der Waals surface area contributed by atoms with Crippen LogP contribution in [0.25, 0.3) is 0 Å². The number of ether oxygens (including phenoxy) is 1. The number of halogens is 1. The number of thioether (sulfide) groups is 1. The predicted octanol–water partition coefficient (Wildman–Crippen LogP) is 3.77. The maximum atomic E-state index is 13.2. The highest BCUT2D eigenvalue weighted by atomic mass is 32.2. The lowest BCUT2D eigenvalue weighted by Crippen LogP contribution is -2.28. The molecule has 0 aromatic heterocycles. The Bertz CT molecular complexity index is 1110. The second kappa shape index (κ2) is 9.35. The molecule has 2 aliphatic heterocycles. The first-order valence-corrected chi connectivity index (χ1v) is 10.8. The Morgan fingerprint density at radius 2 is 1.88 bits per heavy atom. The molecule has 0 aliphatic carbocycles. The Morgan fingerprint density at radius 1 is 1.16 bits per heavy atom. The molecule has 2 amide bonds. The lowest BCUT2D eigenvalue weighted by Gasteiger charge is -2.18. The number of rotatable bonds is 5. The van der Waals surface area contributed by atoms with Crippen LogP contribution in [0.15, 0.2) is 64.5 Å². The van der Waals surface area contributed by atoms with Gasteiger partial charge in [0, 0.05) is 24.7 Å². The van der Waals surface area contributed by atoms with Gasteiger partial charge >= 0.3 is 5.97 Å². The molecule has 2 heterocycles. The quantitative estimate of drug-likeness (QED) is 0.509. The summed E-state index contributed by atoms with van der Waals surface area (Å²) in [5.74, 6) is -1.29. The third-order valence-electron chi connectivity index (χ3n) is 5.05. The summed E-state index contributed by atoms with van der Waals surface area (Å²) in [5.41, 5.74) is 2.14. The Balaban J connectivity index is 1.60. The monoisotopic (exact) mass is 453 g/mol. The summed E-state index contributed by atoms with van der Waals surface area (Å²) < 4.78 is 17.9. The minimum Gasteiger partial charge on any atom is -0.466 e. The Morgan fingerprint density at radius 3 is 2.50 bits per heavy atom. The number of benzene rings is 2. The second-order valence-corrected chi connectivity index (χ2v) is 8.22. The first kappa shape index (κ1) is 21.8. The number of hydrogen-bond acceptors (Lipinski definition) is 6. The van der Waals surface area contributed by atoms with Crippen LogP contribution in [0.5, 0.6) is 0 Å². The highest BCUT2D eigenvalue weighted by Gasteiger charge is 2.34. The number of carbonyl (C=O) groups excluding carboxylic acids is 3. The highest BCUT2D eigenvalue weighted by molar-refractivity contribution is 8.18. The molecule has 32 heavy (non-hydrogen) atoms.